The van der Waals surface area contributed by atoms with E-state index in [2.05, 4.69) is 22.8 Å². The third-order valence-corrected chi connectivity index (χ3v) is 5.43. The zero-order chi connectivity index (χ0) is 22.6. The molecule has 0 aromatic heterocycles. The van der Waals surface area contributed by atoms with Gasteiger partial charge in [-0.25, -0.2) is 9.59 Å². The van der Waals surface area contributed by atoms with Crippen LogP contribution < -0.4 is 10.6 Å². The summed E-state index contributed by atoms with van der Waals surface area (Å²) in [5, 5.41) is 14.2. The summed E-state index contributed by atoms with van der Waals surface area (Å²) in [6.45, 7) is 5.24. The van der Waals surface area contributed by atoms with Crippen LogP contribution in [0.2, 0.25) is 0 Å². The molecule has 1 aliphatic rings. The number of carbonyl (C=O) groups is 3. The van der Waals surface area contributed by atoms with Crippen molar-refractivity contribution in [3.8, 4) is 11.1 Å². The van der Waals surface area contributed by atoms with Crippen LogP contribution in [-0.2, 0) is 14.3 Å². The summed E-state index contributed by atoms with van der Waals surface area (Å²) < 4.78 is 5.52. The largest absolute Gasteiger partial charge is 0.480 e. The number of benzene rings is 2. The lowest BCUT2D eigenvalue weighted by Crippen LogP contribution is -2.49. The molecule has 3 rings (SSSR count). The SMILES string of the molecule is CC[C@H](NC(=O)CC(C)(C)NC(=O)OCC1c2ccccc2-c2ccccc21)C(=O)O. The minimum atomic E-state index is -1.09. The molecule has 2 aromatic carbocycles. The van der Waals surface area contributed by atoms with Crippen molar-refractivity contribution in [2.45, 2.75) is 51.1 Å². The van der Waals surface area contributed by atoms with Gasteiger partial charge >= 0.3 is 12.1 Å². The van der Waals surface area contributed by atoms with Crippen LogP contribution in [0.3, 0.4) is 0 Å². The predicted molar refractivity (Wildman–Crippen MR) is 117 cm³/mol. The molecule has 0 aliphatic heterocycles. The van der Waals surface area contributed by atoms with E-state index in [4.69, 9.17) is 9.84 Å². The molecule has 2 amide bonds. The number of nitrogens with one attached hydrogen (secondary N) is 2. The third kappa shape index (κ3) is 5.23. The Labute approximate surface area is 181 Å². The summed E-state index contributed by atoms with van der Waals surface area (Å²) in [5.74, 6) is -1.58. The number of carboxylic acids is 1. The Hall–Kier alpha value is -3.35. The van der Waals surface area contributed by atoms with E-state index in [0.717, 1.165) is 22.3 Å². The molecule has 0 fully saturated rings. The first kappa shape index (κ1) is 22.3. The first-order valence-corrected chi connectivity index (χ1v) is 10.4. The fourth-order valence-corrected chi connectivity index (χ4v) is 3.94. The number of alkyl carbamates (subject to hydrolysis) is 1. The lowest BCUT2D eigenvalue weighted by atomic mass is 9.98. The second-order valence-corrected chi connectivity index (χ2v) is 8.38. The van der Waals surface area contributed by atoms with Gasteiger partial charge in [0.2, 0.25) is 5.91 Å². The number of ether oxygens (including phenoxy) is 1. The highest BCUT2D eigenvalue weighted by atomic mass is 16.5. The van der Waals surface area contributed by atoms with Crippen molar-refractivity contribution in [3.63, 3.8) is 0 Å². The lowest BCUT2D eigenvalue weighted by Gasteiger charge is -2.26. The van der Waals surface area contributed by atoms with Crippen LogP contribution in [0.5, 0.6) is 0 Å². The van der Waals surface area contributed by atoms with Crippen LogP contribution in [0.15, 0.2) is 48.5 Å². The molecule has 1 atom stereocenters. The van der Waals surface area contributed by atoms with Gasteiger partial charge in [-0.15, -0.1) is 0 Å². The number of rotatable bonds is 8. The minimum Gasteiger partial charge on any atom is -0.480 e. The fourth-order valence-electron chi connectivity index (χ4n) is 3.94. The standard InChI is InChI=1S/C24H28N2O5/c1-4-20(22(28)29)25-21(27)13-24(2,3)26-23(30)31-14-19-17-11-7-5-9-15(17)16-10-6-8-12-18(16)19/h5-12,19-20H,4,13-14H2,1-3H3,(H,25,27)(H,26,30)(H,28,29)/t20-/m0/s1. The van der Waals surface area contributed by atoms with E-state index >= 15 is 0 Å². The minimum absolute atomic E-state index is 0.0505. The van der Waals surface area contributed by atoms with Gasteiger partial charge in [0.1, 0.15) is 12.6 Å². The number of carboxylic acid groups (broad SMARTS) is 1. The Balaban J connectivity index is 1.59. The Kier molecular flexibility index (Phi) is 6.63. The number of amides is 2. The van der Waals surface area contributed by atoms with Gasteiger partial charge in [-0.2, -0.15) is 0 Å². The molecule has 7 nitrogen and oxygen atoms in total. The molecule has 0 spiro atoms. The van der Waals surface area contributed by atoms with Gasteiger partial charge in [-0.1, -0.05) is 55.5 Å². The molecule has 31 heavy (non-hydrogen) atoms. The Morgan fingerprint density at radius 1 is 1.03 bits per heavy atom. The number of hydrogen-bond acceptors (Lipinski definition) is 4. The zero-order valence-electron chi connectivity index (χ0n) is 18.0. The van der Waals surface area contributed by atoms with E-state index in [0.29, 0.717) is 0 Å². The summed E-state index contributed by atoms with van der Waals surface area (Å²) in [5.41, 5.74) is 3.63. The average Bonchev–Trinajstić information content (AvgIpc) is 3.03. The van der Waals surface area contributed by atoms with Gasteiger partial charge in [0.15, 0.2) is 0 Å². The van der Waals surface area contributed by atoms with E-state index < -0.39 is 29.6 Å². The molecule has 1 aliphatic carbocycles. The van der Waals surface area contributed by atoms with Gasteiger partial charge in [0, 0.05) is 17.9 Å². The quantitative estimate of drug-likeness (QED) is 0.600. The Morgan fingerprint density at radius 3 is 2.10 bits per heavy atom. The van der Waals surface area contributed by atoms with Crippen molar-refractivity contribution < 1.29 is 24.2 Å². The second-order valence-electron chi connectivity index (χ2n) is 8.38. The molecule has 0 saturated carbocycles. The van der Waals surface area contributed by atoms with E-state index in [1.807, 2.05) is 36.4 Å². The molecule has 7 heteroatoms. The van der Waals surface area contributed by atoms with E-state index in [9.17, 15) is 14.4 Å². The van der Waals surface area contributed by atoms with Crippen molar-refractivity contribution in [1.82, 2.24) is 10.6 Å². The smallest absolute Gasteiger partial charge is 0.407 e. The van der Waals surface area contributed by atoms with Crippen molar-refractivity contribution in [2.24, 2.45) is 0 Å². The van der Waals surface area contributed by atoms with E-state index in [1.54, 1.807) is 20.8 Å². The van der Waals surface area contributed by atoms with Crippen LogP contribution in [-0.4, -0.2) is 41.3 Å². The maximum atomic E-state index is 12.4. The zero-order valence-corrected chi connectivity index (χ0v) is 18.0. The van der Waals surface area contributed by atoms with Crippen molar-refractivity contribution in [2.75, 3.05) is 6.61 Å². The maximum absolute atomic E-state index is 12.4. The first-order valence-electron chi connectivity index (χ1n) is 10.4. The summed E-state index contributed by atoms with van der Waals surface area (Å²) >= 11 is 0. The molecule has 0 bridgehead atoms. The van der Waals surface area contributed by atoms with E-state index in [-0.39, 0.29) is 25.4 Å². The van der Waals surface area contributed by atoms with Crippen LogP contribution in [0.1, 0.15) is 50.7 Å². The van der Waals surface area contributed by atoms with Crippen LogP contribution in [0.25, 0.3) is 11.1 Å². The summed E-state index contributed by atoms with van der Waals surface area (Å²) in [6, 6.07) is 15.2. The normalized spacial score (nSPS) is 13.6. The summed E-state index contributed by atoms with van der Waals surface area (Å²) in [6.07, 6.45) is -0.410. The Bertz CT molecular complexity index is 940. The summed E-state index contributed by atoms with van der Waals surface area (Å²) in [4.78, 5) is 35.7. The van der Waals surface area contributed by atoms with Gasteiger partial charge in [0.25, 0.3) is 0 Å². The molecule has 3 N–H and O–H groups in total. The molecule has 0 heterocycles. The van der Waals surface area contributed by atoms with Crippen molar-refractivity contribution in [1.29, 1.82) is 0 Å². The highest BCUT2D eigenvalue weighted by Gasteiger charge is 2.31. The van der Waals surface area contributed by atoms with Gasteiger partial charge in [-0.3, -0.25) is 4.79 Å². The van der Waals surface area contributed by atoms with Gasteiger partial charge in [-0.05, 0) is 42.5 Å². The van der Waals surface area contributed by atoms with Crippen LogP contribution in [0.4, 0.5) is 4.79 Å². The monoisotopic (exact) mass is 424 g/mol. The third-order valence-electron chi connectivity index (χ3n) is 5.43. The number of carbonyl (C=O) groups excluding carboxylic acids is 2. The molecule has 0 saturated heterocycles. The highest BCUT2D eigenvalue weighted by Crippen LogP contribution is 2.44. The average molecular weight is 424 g/mol. The van der Waals surface area contributed by atoms with Crippen LogP contribution in [0, 0.1) is 0 Å². The van der Waals surface area contributed by atoms with Gasteiger partial charge < -0.3 is 20.5 Å². The van der Waals surface area contributed by atoms with Crippen molar-refractivity contribution >= 4 is 18.0 Å². The molecule has 2 aromatic rings. The Morgan fingerprint density at radius 2 is 1.58 bits per heavy atom. The fraction of sp³-hybridized carbons (Fsp3) is 0.375. The number of fused-ring (bicyclic) bond motifs is 3. The van der Waals surface area contributed by atoms with Crippen molar-refractivity contribution in [3.05, 3.63) is 59.7 Å². The molecule has 164 valence electrons. The van der Waals surface area contributed by atoms with Crippen LogP contribution >= 0.6 is 0 Å². The lowest BCUT2D eigenvalue weighted by molar-refractivity contribution is -0.142. The highest BCUT2D eigenvalue weighted by molar-refractivity contribution is 5.84. The molecular weight excluding hydrogens is 396 g/mol. The van der Waals surface area contributed by atoms with Gasteiger partial charge in [0.05, 0.1) is 0 Å². The molecule has 0 unspecified atom stereocenters. The topological polar surface area (TPSA) is 105 Å². The maximum Gasteiger partial charge on any atom is 0.407 e. The first-order chi connectivity index (χ1) is 14.7. The number of hydrogen-bond donors (Lipinski definition) is 3. The predicted octanol–water partition coefficient (Wildman–Crippen LogP) is 3.67. The number of aliphatic carboxylic acids is 1. The molecule has 0 radical (unpaired) electrons. The second kappa shape index (κ2) is 9.20. The summed E-state index contributed by atoms with van der Waals surface area (Å²) in [7, 11) is 0. The molecular formula is C24H28N2O5. The van der Waals surface area contributed by atoms with E-state index in [1.165, 1.54) is 0 Å².